The largest absolute Gasteiger partial charge is 0.336 e. The van der Waals surface area contributed by atoms with Crippen molar-refractivity contribution in [2.45, 2.75) is 24.9 Å². The molecule has 0 aromatic carbocycles. The number of sulfonamides is 1. The van der Waals surface area contributed by atoms with Crippen molar-refractivity contribution in [3.63, 3.8) is 0 Å². The molecule has 1 aliphatic rings. The number of aromatic nitrogens is 2. The van der Waals surface area contributed by atoms with Crippen LogP contribution in [0.15, 0.2) is 29.2 Å². The lowest BCUT2D eigenvalue weighted by Crippen LogP contribution is -2.29. The Labute approximate surface area is 119 Å². The van der Waals surface area contributed by atoms with Crippen LogP contribution in [0.2, 0.25) is 0 Å². The van der Waals surface area contributed by atoms with Crippen molar-refractivity contribution in [1.29, 1.82) is 0 Å². The highest BCUT2D eigenvalue weighted by atomic mass is 35.5. The van der Waals surface area contributed by atoms with E-state index in [1.165, 1.54) is 6.33 Å². The zero-order valence-corrected chi connectivity index (χ0v) is 12.4. The highest BCUT2D eigenvalue weighted by molar-refractivity contribution is 7.89. The van der Waals surface area contributed by atoms with Gasteiger partial charge in [0.1, 0.15) is 0 Å². The van der Waals surface area contributed by atoms with Crippen LogP contribution < -0.4 is 10.0 Å². The van der Waals surface area contributed by atoms with E-state index in [4.69, 9.17) is 0 Å². The summed E-state index contributed by atoms with van der Waals surface area (Å²) >= 11 is 0. The van der Waals surface area contributed by atoms with Gasteiger partial charge in [-0.2, -0.15) is 0 Å². The molecule has 0 atom stereocenters. The monoisotopic (exact) mass is 306 g/mol. The predicted octanol–water partition coefficient (Wildman–Crippen LogP) is 0.523. The minimum absolute atomic E-state index is 0. The Balaban J connectivity index is 0.00000180. The van der Waals surface area contributed by atoms with Gasteiger partial charge in [-0.3, -0.25) is 0 Å². The molecule has 0 amide bonds. The molecule has 0 unspecified atom stereocenters. The first-order chi connectivity index (χ1) is 8.62. The maximum Gasteiger partial charge on any atom is 0.259 e. The number of nitrogens with one attached hydrogen (secondary N) is 2. The summed E-state index contributed by atoms with van der Waals surface area (Å²) < 4.78 is 28.3. The van der Waals surface area contributed by atoms with Gasteiger partial charge in [0.25, 0.3) is 10.0 Å². The van der Waals surface area contributed by atoms with Crippen LogP contribution in [0.5, 0.6) is 0 Å². The van der Waals surface area contributed by atoms with Crippen LogP contribution >= 0.6 is 12.4 Å². The molecule has 1 aromatic rings. The quantitative estimate of drug-likeness (QED) is 0.778. The van der Waals surface area contributed by atoms with Crippen LogP contribution in [0, 0.1) is 0 Å². The normalized spacial score (nSPS) is 15.7. The molecule has 0 saturated carbocycles. The third kappa shape index (κ3) is 4.31. The SMILES string of the molecule is CCn1cnc(S(=O)(=O)NCC2=CCNCC2)c1.Cl. The molecule has 0 aliphatic carbocycles. The van der Waals surface area contributed by atoms with Gasteiger partial charge in [-0.05, 0) is 19.9 Å². The van der Waals surface area contributed by atoms with Crippen molar-refractivity contribution >= 4 is 22.4 Å². The molecule has 0 radical (unpaired) electrons. The minimum atomic E-state index is -3.49. The smallest absolute Gasteiger partial charge is 0.259 e. The number of aryl methyl sites for hydroxylation is 1. The molecule has 2 N–H and O–H groups in total. The number of rotatable bonds is 5. The van der Waals surface area contributed by atoms with Gasteiger partial charge < -0.3 is 9.88 Å². The Morgan fingerprint density at radius 3 is 2.89 bits per heavy atom. The van der Waals surface area contributed by atoms with E-state index in [-0.39, 0.29) is 17.4 Å². The van der Waals surface area contributed by atoms with Gasteiger partial charge in [-0.1, -0.05) is 11.6 Å². The van der Waals surface area contributed by atoms with Crippen LogP contribution in [-0.2, 0) is 16.6 Å². The molecular formula is C11H19ClN4O2S. The lowest BCUT2D eigenvalue weighted by molar-refractivity contribution is 0.579. The topological polar surface area (TPSA) is 76.0 Å². The van der Waals surface area contributed by atoms with Gasteiger partial charge in [0, 0.05) is 25.8 Å². The fourth-order valence-electron chi connectivity index (χ4n) is 1.74. The molecule has 0 bridgehead atoms. The Kier molecular flexibility index (Phi) is 5.99. The second-order valence-electron chi connectivity index (χ2n) is 4.18. The number of nitrogens with zero attached hydrogens (tertiary/aromatic N) is 2. The zero-order valence-electron chi connectivity index (χ0n) is 10.8. The molecule has 2 heterocycles. The second kappa shape index (κ2) is 7.04. The van der Waals surface area contributed by atoms with Crippen molar-refractivity contribution < 1.29 is 8.42 Å². The van der Waals surface area contributed by atoms with Gasteiger partial charge in [-0.25, -0.2) is 18.1 Å². The van der Waals surface area contributed by atoms with Crippen LogP contribution in [0.1, 0.15) is 13.3 Å². The molecule has 2 rings (SSSR count). The molecule has 0 saturated heterocycles. The molecule has 6 nitrogen and oxygen atoms in total. The first-order valence-corrected chi connectivity index (χ1v) is 7.50. The first kappa shape index (κ1) is 16.2. The summed E-state index contributed by atoms with van der Waals surface area (Å²) in [5, 5.41) is 3.27. The lowest BCUT2D eigenvalue weighted by atomic mass is 10.1. The summed E-state index contributed by atoms with van der Waals surface area (Å²) in [7, 11) is -3.49. The molecule has 1 aliphatic heterocycles. The first-order valence-electron chi connectivity index (χ1n) is 6.02. The van der Waals surface area contributed by atoms with Gasteiger partial charge in [0.15, 0.2) is 5.03 Å². The molecule has 19 heavy (non-hydrogen) atoms. The van der Waals surface area contributed by atoms with E-state index in [1.807, 2.05) is 13.0 Å². The van der Waals surface area contributed by atoms with Crippen molar-refractivity contribution in [2.75, 3.05) is 19.6 Å². The fourth-order valence-corrected chi connectivity index (χ4v) is 2.73. The van der Waals surface area contributed by atoms with Gasteiger partial charge in [-0.15, -0.1) is 12.4 Å². The van der Waals surface area contributed by atoms with Gasteiger partial charge in [0.2, 0.25) is 0 Å². The van der Waals surface area contributed by atoms with Crippen LogP contribution in [-0.4, -0.2) is 37.6 Å². The third-order valence-electron chi connectivity index (χ3n) is 2.90. The van der Waals surface area contributed by atoms with E-state index in [9.17, 15) is 8.42 Å². The molecule has 0 spiro atoms. The summed E-state index contributed by atoms with van der Waals surface area (Å²) in [6.07, 6.45) is 5.97. The highest BCUT2D eigenvalue weighted by Gasteiger charge is 2.17. The van der Waals surface area contributed by atoms with E-state index >= 15 is 0 Å². The Morgan fingerprint density at radius 2 is 2.32 bits per heavy atom. The minimum Gasteiger partial charge on any atom is -0.336 e. The van der Waals surface area contributed by atoms with Gasteiger partial charge in [0.05, 0.1) is 6.33 Å². The summed E-state index contributed by atoms with van der Waals surface area (Å²) in [6, 6.07) is 0. The Bertz CT molecular complexity index is 539. The van der Waals surface area contributed by atoms with Crippen LogP contribution in [0.4, 0.5) is 0 Å². The average Bonchev–Trinajstić information content (AvgIpc) is 2.87. The van der Waals surface area contributed by atoms with E-state index in [0.29, 0.717) is 13.1 Å². The Hall–Kier alpha value is -0.890. The maximum absolute atomic E-state index is 12.0. The molecule has 8 heteroatoms. The number of halogens is 1. The van der Waals surface area contributed by atoms with Crippen LogP contribution in [0.25, 0.3) is 0 Å². The highest BCUT2D eigenvalue weighted by Crippen LogP contribution is 2.07. The fraction of sp³-hybridized carbons (Fsp3) is 0.545. The van der Waals surface area contributed by atoms with E-state index in [1.54, 1.807) is 10.8 Å². The molecular weight excluding hydrogens is 288 g/mol. The molecule has 1 aromatic heterocycles. The molecule has 108 valence electrons. The summed E-state index contributed by atoms with van der Waals surface area (Å²) in [5.41, 5.74) is 1.12. The summed E-state index contributed by atoms with van der Waals surface area (Å²) in [4.78, 5) is 3.90. The third-order valence-corrected chi connectivity index (χ3v) is 4.18. The van der Waals surface area contributed by atoms with Crippen LogP contribution in [0.3, 0.4) is 0 Å². The lowest BCUT2D eigenvalue weighted by Gasteiger charge is -2.14. The van der Waals surface area contributed by atoms with E-state index < -0.39 is 10.0 Å². The van der Waals surface area contributed by atoms with Crippen molar-refractivity contribution in [3.05, 3.63) is 24.2 Å². The standard InChI is InChI=1S/C11H18N4O2S.ClH/c1-2-15-8-11(13-9-15)18(16,17)14-7-10-3-5-12-6-4-10;/h3,8-9,12,14H,2,4-7H2,1H3;1H. The maximum atomic E-state index is 12.0. The average molecular weight is 307 g/mol. The summed E-state index contributed by atoms with van der Waals surface area (Å²) in [5.74, 6) is 0. The number of hydrogen-bond acceptors (Lipinski definition) is 4. The van der Waals surface area contributed by atoms with Gasteiger partial charge >= 0.3 is 0 Å². The number of imidazole rings is 1. The van der Waals surface area contributed by atoms with Crippen molar-refractivity contribution in [3.8, 4) is 0 Å². The van der Waals surface area contributed by atoms with Crippen molar-refractivity contribution in [2.24, 2.45) is 0 Å². The Morgan fingerprint density at radius 1 is 1.53 bits per heavy atom. The van der Waals surface area contributed by atoms with E-state index in [0.717, 1.165) is 25.1 Å². The molecule has 0 fully saturated rings. The van der Waals surface area contributed by atoms with Crippen molar-refractivity contribution in [1.82, 2.24) is 19.6 Å². The van der Waals surface area contributed by atoms with E-state index in [2.05, 4.69) is 15.0 Å². The predicted molar refractivity (Wildman–Crippen MR) is 75.9 cm³/mol. The zero-order chi connectivity index (χ0) is 13.0. The second-order valence-corrected chi connectivity index (χ2v) is 5.90. The number of hydrogen-bond donors (Lipinski definition) is 2. The summed E-state index contributed by atoms with van der Waals surface area (Å²) in [6.45, 7) is 4.72.